The second-order valence-electron chi connectivity index (χ2n) is 6.63. The maximum atomic E-state index is 13.4. The fourth-order valence-corrected chi connectivity index (χ4v) is 4.87. The number of anilines is 1. The molecule has 0 aromatic carbocycles. The van der Waals surface area contributed by atoms with Crippen LogP contribution >= 0.6 is 22.7 Å². The van der Waals surface area contributed by atoms with Crippen LogP contribution in [-0.4, -0.2) is 9.38 Å². The van der Waals surface area contributed by atoms with Gasteiger partial charge < -0.3 is 11.5 Å². The first-order chi connectivity index (χ1) is 13.7. The van der Waals surface area contributed by atoms with Gasteiger partial charge in [-0.15, -0.1) is 22.7 Å². The van der Waals surface area contributed by atoms with Gasteiger partial charge in [-0.2, -0.15) is 0 Å². The van der Waals surface area contributed by atoms with Crippen LogP contribution in [0.2, 0.25) is 0 Å². The SMILES string of the molecule is NCc1c(N)ccc2nc(CCc3cccs3)c(CCc3cccs3)c(=O)n12. The summed E-state index contributed by atoms with van der Waals surface area (Å²) in [7, 11) is 0. The Labute approximate surface area is 171 Å². The Kier molecular flexibility index (Phi) is 5.57. The van der Waals surface area contributed by atoms with Crippen molar-refractivity contribution in [1.82, 2.24) is 9.38 Å². The van der Waals surface area contributed by atoms with Crippen molar-refractivity contribution in [2.45, 2.75) is 32.2 Å². The second-order valence-corrected chi connectivity index (χ2v) is 8.70. The van der Waals surface area contributed by atoms with Crippen molar-refractivity contribution in [3.63, 3.8) is 0 Å². The van der Waals surface area contributed by atoms with Crippen LogP contribution in [0.5, 0.6) is 0 Å². The molecule has 5 nitrogen and oxygen atoms in total. The predicted octanol–water partition coefficient (Wildman–Crippen LogP) is 3.43. The Morgan fingerprint density at radius 1 is 0.929 bits per heavy atom. The molecule has 4 N–H and O–H groups in total. The van der Waals surface area contributed by atoms with Crippen molar-refractivity contribution in [2.24, 2.45) is 5.73 Å². The number of aryl methyl sites for hydroxylation is 3. The molecule has 0 amide bonds. The van der Waals surface area contributed by atoms with Crippen molar-refractivity contribution in [3.8, 4) is 0 Å². The molecule has 0 spiro atoms. The molecule has 4 aromatic heterocycles. The normalized spacial score (nSPS) is 11.3. The van der Waals surface area contributed by atoms with E-state index >= 15 is 0 Å². The highest BCUT2D eigenvalue weighted by molar-refractivity contribution is 7.10. The Morgan fingerprint density at radius 2 is 1.61 bits per heavy atom. The van der Waals surface area contributed by atoms with Gasteiger partial charge in [0.25, 0.3) is 5.56 Å². The molecular formula is C21H22N4OS2. The van der Waals surface area contributed by atoms with E-state index in [-0.39, 0.29) is 12.1 Å². The summed E-state index contributed by atoms with van der Waals surface area (Å²) in [5.74, 6) is 0. The van der Waals surface area contributed by atoms with Gasteiger partial charge in [-0.3, -0.25) is 9.20 Å². The van der Waals surface area contributed by atoms with E-state index in [1.165, 1.54) is 9.75 Å². The van der Waals surface area contributed by atoms with Gasteiger partial charge >= 0.3 is 0 Å². The lowest BCUT2D eigenvalue weighted by molar-refractivity contribution is 0.811. The standard InChI is InChI=1S/C21H22N4OS2/c22-13-19-17(23)8-10-20-24-18(9-6-15-4-2-12-28-15)16(21(26)25(19)20)7-5-14-3-1-11-27-14/h1-4,8,10-12H,5-7,9,13,22-23H2. The third-order valence-electron chi connectivity index (χ3n) is 4.89. The molecule has 0 bridgehead atoms. The topological polar surface area (TPSA) is 86.4 Å². The molecule has 0 radical (unpaired) electrons. The van der Waals surface area contributed by atoms with Crippen LogP contribution < -0.4 is 17.0 Å². The van der Waals surface area contributed by atoms with Crippen molar-refractivity contribution in [3.05, 3.63) is 84.2 Å². The number of fused-ring (bicyclic) bond motifs is 1. The fraction of sp³-hybridized carbons (Fsp3) is 0.238. The van der Waals surface area contributed by atoms with Crippen molar-refractivity contribution in [2.75, 3.05) is 5.73 Å². The molecule has 0 aliphatic rings. The zero-order valence-corrected chi connectivity index (χ0v) is 17.1. The quantitative estimate of drug-likeness (QED) is 0.489. The summed E-state index contributed by atoms with van der Waals surface area (Å²) in [6.45, 7) is 0.198. The Bertz CT molecular complexity index is 1130. The van der Waals surface area contributed by atoms with Crippen LogP contribution in [0.15, 0.2) is 52.0 Å². The first-order valence-corrected chi connectivity index (χ1v) is 11.0. The minimum absolute atomic E-state index is 0.0458. The minimum Gasteiger partial charge on any atom is -0.397 e. The third kappa shape index (κ3) is 3.73. The molecule has 0 fully saturated rings. The number of nitrogen functional groups attached to an aromatic ring is 1. The van der Waals surface area contributed by atoms with Crippen LogP contribution in [0, 0.1) is 0 Å². The van der Waals surface area contributed by atoms with Crippen LogP contribution in [-0.2, 0) is 32.2 Å². The third-order valence-corrected chi connectivity index (χ3v) is 6.76. The van der Waals surface area contributed by atoms with E-state index in [4.69, 9.17) is 16.5 Å². The highest BCUT2D eigenvalue weighted by Crippen LogP contribution is 2.19. The maximum Gasteiger partial charge on any atom is 0.261 e. The van der Waals surface area contributed by atoms with Gasteiger partial charge in [0.1, 0.15) is 5.65 Å². The fourth-order valence-electron chi connectivity index (χ4n) is 3.45. The Morgan fingerprint density at radius 3 is 2.21 bits per heavy atom. The summed E-state index contributed by atoms with van der Waals surface area (Å²) >= 11 is 3.44. The summed E-state index contributed by atoms with van der Waals surface area (Å²) in [4.78, 5) is 20.8. The number of nitrogens with two attached hydrogens (primary N) is 2. The van der Waals surface area contributed by atoms with E-state index in [0.717, 1.165) is 30.5 Å². The average Bonchev–Trinajstić information content (AvgIpc) is 3.40. The van der Waals surface area contributed by atoms with Gasteiger partial charge in [0, 0.05) is 21.9 Å². The summed E-state index contributed by atoms with van der Waals surface area (Å²) < 4.78 is 1.59. The number of hydrogen-bond acceptors (Lipinski definition) is 6. The first-order valence-electron chi connectivity index (χ1n) is 9.24. The van der Waals surface area contributed by atoms with Gasteiger partial charge in [-0.1, -0.05) is 12.1 Å². The molecule has 0 atom stereocenters. The lowest BCUT2D eigenvalue weighted by Crippen LogP contribution is -2.27. The lowest BCUT2D eigenvalue weighted by Gasteiger charge is -2.14. The van der Waals surface area contributed by atoms with Gasteiger partial charge in [0.2, 0.25) is 0 Å². The minimum atomic E-state index is -0.0458. The molecule has 0 unspecified atom stereocenters. The average molecular weight is 411 g/mol. The molecule has 0 saturated carbocycles. The lowest BCUT2D eigenvalue weighted by atomic mass is 10.0. The number of aromatic nitrogens is 2. The summed E-state index contributed by atoms with van der Waals surface area (Å²) in [6.07, 6.45) is 3.11. The highest BCUT2D eigenvalue weighted by Gasteiger charge is 2.16. The summed E-state index contributed by atoms with van der Waals surface area (Å²) in [5.41, 5.74) is 15.3. The molecule has 7 heteroatoms. The van der Waals surface area contributed by atoms with Gasteiger partial charge in [-0.25, -0.2) is 4.98 Å². The predicted molar refractivity (Wildman–Crippen MR) is 117 cm³/mol. The highest BCUT2D eigenvalue weighted by atomic mass is 32.1. The Hall–Kier alpha value is -2.48. The monoisotopic (exact) mass is 410 g/mol. The van der Waals surface area contributed by atoms with E-state index in [0.29, 0.717) is 23.4 Å². The van der Waals surface area contributed by atoms with Crippen molar-refractivity contribution >= 4 is 34.0 Å². The van der Waals surface area contributed by atoms with Crippen LogP contribution in [0.3, 0.4) is 0 Å². The maximum absolute atomic E-state index is 13.4. The summed E-state index contributed by atoms with van der Waals surface area (Å²) in [5, 5.41) is 4.14. The number of hydrogen-bond donors (Lipinski definition) is 2. The number of nitrogens with zero attached hydrogens (tertiary/aromatic N) is 2. The molecular weight excluding hydrogens is 388 g/mol. The van der Waals surface area contributed by atoms with E-state index in [1.54, 1.807) is 39.2 Å². The largest absolute Gasteiger partial charge is 0.397 e. The molecule has 28 heavy (non-hydrogen) atoms. The van der Waals surface area contributed by atoms with Gasteiger partial charge in [0.15, 0.2) is 0 Å². The first kappa shape index (κ1) is 18.9. The smallest absolute Gasteiger partial charge is 0.261 e. The second kappa shape index (κ2) is 8.26. The molecule has 144 valence electrons. The van der Waals surface area contributed by atoms with E-state index in [2.05, 4.69) is 29.0 Å². The molecule has 0 saturated heterocycles. The molecule has 0 aliphatic carbocycles. The molecule has 4 rings (SSSR count). The zero-order chi connectivity index (χ0) is 19.5. The zero-order valence-electron chi connectivity index (χ0n) is 15.4. The Balaban J connectivity index is 1.78. The van der Waals surface area contributed by atoms with Gasteiger partial charge in [-0.05, 0) is 60.7 Å². The van der Waals surface area contributed by atoms with E-state index in [1.807, 2.05) is 6.07 Å². The number of pyridine rings is 1. The number of thiophene rings is 2. The van der Waals surface area contributed by atoms with Crippen LogP contribution in [0.4, 0.5) is 5.69 Å². The van der Waals surface area contributed by atoms with Crippen molar-refractivity contribution < 1.29 is 0 Å². The molecule has 4 heterocycles. The van der Waals surface area contributed by atoms with Crippen LogP contribution in [0.25, 0.3) is 5.65 Å². The van der Waals surface area contributed by atoms with Crippen LogP contribution in [0.1, 0.15) is 26.7 Å². The van der Waals surface area contributed by atoms with E-state index in [9.17, 15) is 4.79 Å². The molecule has 0 aliphatic heterocycles. The number of rotatable bonds is 7. The summed E-state index contributed by atoms with van der Waals surface area (Å²) in [6, 6.07) is 11.9. The van der Waals surface area contributed by atoms with Gasteiger partial charge in [0.05, 0.1) is 17.1 Å². The molecule has 4 aromatic rings. The van der Waals surface area contributed by atoms with Crippen molar-refractivity contribution in [1.29, 1.82) is 0 Å². The van der Waals surface area contributed by atoms with E-state index < -0.39 is 0 Å².